The summed E-state index contributed by atoms with van der Waals surface area (Å²) in [7, 11) is 0. The van der Waals surface area contributed by atoms with E-state index in [9.17, 15) is 24.3 Å². The number of anilines is 1. The maximum Gasteiger partial charge on any atom is 0.511 e. The lowest BCUT2D eigenvalue weighted by molar-refractivity contribution is -0.174. The van der Waals surface area contributed by atoms with Crippen LogP contribution >= 0.6 is 23.1 Å². The molecule has 0 radical (unpaired) electrons. The van der Waals surface area contributed by atoms with E-state index in [0.29, 0.717) is 36.0 Å². The van der Waals surface area contributed by atoms with Gasteiger partial charge in [0.1, 0.15) is 17.5 Å². The summed E-state index contributed by atoms with van der Waals surface area (Å²) in [5.41, 5.74) is 5.64. The number of ether oxygens (including phenoxy) is 3. The monoisotopic (exact) mass is 582 g/mol. The SMILES string of the molecule is CCC(CC)OC(=O)OC(C)OC(=O)C1=C(SC2CN(c3nc(C(N)=O)cs3)C2)[C@H](C)C2C([C@@H](C)O)C(=O)N12. The quantitative estimate of drug-likeness (QED) is 0.224. The Labute approximate surface area is 234 Å². The zero-order valence-electron chi connectivity index (χ0n) is 22.5. The number of thioether (sulfide) groups is 1. The summed E-state index contributed by atoms with van der Waals surface area (Å²) >= 11 is 2.81. The third-order valence-electron chi connectivity index (χ3n) is 7.17. The number of β-lactam (4-membered cyclic amide) rings is 1. The number of nitrogens with two attached hydrogens (primary N) is 1. The van der Waals surface area contributed by atoms with E-state index in [-0.39, 0.29) is 40.6 Å². The van der Waals surface area contributed by atoms with Gasteiger partial charge < -0.3 is 34.9 Å². The first-order valence-electron chi connectivity index (χ1n) is 13.0. The second-order valence-corrected chi connectivity index (χ2v) is 12.1. The fourth-order valence-corrected chi connectivity index (χ4v) is 7.38. The minimum atomic E-state index is -1.24. The predicted octanol–water partition coefficient (Wildman–Crippen LogP) is 2.46. The van der Waals surface area contributed by atoms with Crippen molar-refractivity contribution in [1.29, 1.82) is 0 Å². The van der Waals surface area contributed by atoms with Crippen LogP contribution in [0.5, 0.6) is 0 Å². The first-order chi connectivity index (χ1) is 18.5. The van der Waals surface area contributed by atoms with Gasteiger partial charge in [-0.05, 0) is 19.8 Å². The smallest absolute Gasteiger partial charge is 0.431 e. The highest BCUT2D eigenvalue weighted by molar-refractivity contribution is 8.03. The molecule has 3 N–H and O–H groups in total. The van der Waals surface area contributed by atoms with E-state index in [1.54, 1.807) is 12.3 Å². The number of rotatable bonds is 11. The van der Waals surface area contributed by atoms with Crippen LogP contribution in [0.15, 0.2) is 16.0 Å². The molecule has 0 bridgehead atoms. The Balaban J connectivity index is 1.46. The summed E-state index contributed by atoms with van der Waals surface area (Å²) in [5.74, 6) is -2.54. The molecule has 1 aromatic rings. The van der Waals surface area contributed by atoms with Crippen molar-refractivity contribution in [1.82, 2.24) is 9.88 Å². The Morgan fingerprint density at radius 2 is 1.87 bits per heavy atom. The largest absolute Gasteiger partial charge is 0.511 e. The molecule has 3 aliphatic rings. The van der Waals surface area contributed by atoms with Crippen LogP contribution in [0.4, 0.5) is 9.93 Å². The van der Waals surface area contributed by atoms with Gasteiger partial charge in [0.25, 0.3) is 5.91 Å². The molecule has 2 saturated heterocycles. The predicted molar refractivity (Wildman–Crippen MR) is 144 cm³/mol. The molecule has 5 atom stereocenters. The first kappa shape index (κ1) is 29.2. The zero-order valence-corrected chi connectivity index (χ0v) is 24.1. The van der Waals surface area contributed by atoms with Crippen molar-refractivity contribution >= 4 is 52.2 Å². The molecular weight excluding hydrogens is 548 g/mol. The highest BCUT2D eigenvalue weighted by Crippen LogP contribution is 2.52. The van der Waals surface area contributed by atoms with Crippen molar-refractivity contribution < 1.29 is 38.5 Å². The number of aromatic nitrogens is 1. The molecule has 14 heteroatoms. The summed E-state index contributed by atoms with van der Waals surface area (Å²) in [6, 6.07) is -0.369. The average Bonchev–Trinajstić information content (AvgIpc) is 3.41. The highest BCUT2D eigenvalue weighted by atomic mass is 32.2. The van der Waals surface area contributed by atoms with Gasteiger partial charge in [0.05, 0.1) is 18.1 Å². The molecule has 39 heavy (non-hydrogen) atoms. The second kappa shape index (κ2) is 11.7. The van der Waals surface area contributed by atoms with Crippen LogP contribution in [0.1, 0.15) is 57.9 Å². The summed E-state index contributed by atoms with van der Waals surface area (Å²) in [5, 5.41) is 12.6. The second-order valence-electron chi connectivity index (χ2n) is 9.89. The zero-order chi connectivity index (χ0) is 28.6. The number of fused-ring (bicyclic) bond motifs is 1. The summed E-state index contributed by atoms with van der Waals surface area (Å²) in [6.07, 6.45) is -2.08. The van der Waals surface area contributed by atoms with Gasteiger partial charge in [-0.1, -0.05) is 20.8 Å². The molecule has 3 aliphatic heterocycles. The van der Waals surface area contributed by atoms with Gasteiger partial charge >= 0.3 is 12.1 Å². The molecule has 0 aliphatic carbocycles. The first-order valence-corrected chi connectivity index (χ1v) is 14.7. The Kier molecular flexibility index (Phi) is 8.76. The van der Waals surface area contributed by atoms with Crippen LogP contribution in [0.2, 0.25) is 0 Å². The molecule has 3 unspecified atom stereocenters. The van der Waals surface area contributed by atoms with Crippen LogP contribution in [-0.2, 0) is 23.8 Å². The lowest BCUT2D eigenvalue weighted by Gasteiger charge is -2.46. The highest BCUT2D eigenvalue weighted by Gasteiger charge is 2.60. The number of thiazole rings is 1. The van der Waals surface area contributed by atoms with E-state index in [0.717, 1.165) is 0 Å². The summed E-state index contributed by atoms with van der Waals surface area (Å²) in [4.78, 5) is 58.1. The third-order valence-corrected chi connectivity index (χ3v) is 9.52. The van der Waals surface area contributed by atoms with Gasteiger partial charge in [-0.2, -0.15) is 0 Å². The molecule has 4 heterocycles. The number of nitrogens with zero attached hydrogens (tertiary/aromatic N) is 3. The number of primary amides is 1. The van der Waals surface area contributed by atoms with Gasteiger partial charge in [0.2, 0.25) is 12.2 Å². The van der Waals surface area contributed by atoms with Crippen molar-refractivity contribution in [2.75, 3.05) is 18.0 Å². The molecular formula is C25H34N4O8S2. The third kappa shape index (κ3) is 5.73. The molecule has 4 rings (SSSR count). The number of esters is 1. The summed E-state index contributed by atoms with van der Waals surface area (Å²) in [6.45, 7) is 9.90. The average molecular weight is 583 g/mol. The van der Waals surface area contributed by atoms with Crippen LogP contribution in [0, 0.1) is 11.8 Å². The Morgan fingerprint density at radius 1 is 1.21 bits per heavy atom. The van der Waals surface area contributed by atoms with E-state index >= 15 is 0 Å². The van der Waals surface area contributed by atoms with Crippen molar-refractivity contribution in [3.05, 3.63) is 21.7 Å². The van der Waals surface area contributed by atoms with Gasteiger partial charge in [-0.3, -0.25) is 9.59 Å². The number of carbonyl (C=O) groups is 4. The maximum atomic E-state index is 13.3. The van der Waals surface area contributed by atoms with Crippen LogP contribution in [0.25, 0.3) is 0 Å². The molecule has 2 fully saturated rings. The van der Waals surface area contributed by atoms with Crippen molar-refractivity contribution in [3.8, 4) is 0 Å². The van der Waals surface area contributed by atoms with Gasteiger partial charge in [0, 0.05) is 41.5 Å². The van der Waals surface area contributed by atoms with E-state index < -0.39 is 36.3 Å². The van der Waals surface area contributed by atoms with Crippen LogP contribution in [-0.4, -0.2) is 81.8 Å². The lowest BCUT2D eigenvalue weighted by Crippen LogP contribution is -2.63. The fraction of sp³-hybridized carbons (Fsp3) is 0.640. The number of carbonyl (C=O) groups excluding carboxylic acids is 4. The lowest BCUT2D eigenvalue weighted by atomic mass is 9.79. The Morgan fingerprint density at radius 3 is 2.44 bits per heavy atom. The topological polar surface area (TPSA) is 162 Å². The number of aliphatic hydroxyl groups excluding tert-OH is 1. The van der Waals surface area contributed by atoms with Gasteiger partial charge in [-0.15, -0.1) is 23.1 Å². The van der Waals surface area contributed by atoms with Crippen LogP contribution in [0.3, 0.4) is 0 Å². The van der Waals surface area contributed by atoms with Crippen LogP contribution < -0.4 is 10.6 Å². The normalized spacial score (nSPS) is 24.2. The molecule has 0 aromatic carbocycles. The number of amides is 2. The molecule has 0 spiro atoms. The molecule has 214 valence electrons. The molecule has 1 aromatic heterocycles. The fourth-order valence-electron chi connectivity index (χ4n) is 5.03. The van der Waals surface area contributed by atoms with Crippen molar-refractivity contribution in [2.45, 2.75) is 77.3 Å². The standard InChI is InChI=1S/C25H34N4O8S2/c1-6-14(7-2)37-25(34)36-13(5)35-23(33)19-20(11(3)18-17(12(4)30)22(32)29(18)19)39-15-8-28(9-15)24-27-16(10-38-24)21(26)31/h10-15,17-18,30H,6-9H2,1-5H3,(H2,26,31)/t11-,12-,13?,17?,18?/m1/s1. The van der Waals surface area contributed by atoms with Gasteiger partial charge in [0.15, 0.2) is 5.13 Å². The number of hydrogen-bond acceptors (Lipinski definition) is 12. The Bertz CT molecular complexity index is 1160. The molecule has 12 nitrogen and oxygen atoms in total. The molecule has 0 saturated carbocycles. The Hall–Kier alpha value is -2.84. The summed E-state index contributed by atoms with van der Waals surface area (Å²) < 4.78 is 15.8. The minimum Gasteiger partial charge on any atom is -0.431 e. The van der Waals surface area contributed by atoms with Gasteiger partial charge in [-0.25, -0.2) is 14.6 Å². The van der Waals surface area contributed by atoms with Crippen molar-refractivity contribution in [2.24, 2.45) is 17.6 Å². The number of aliphatic hydroxyl groups is 1. The number of hydrogen-bond donors (Lipinski definition) is 2. The van der Waals surface area contributed by atoms with E-state index in [1.165, 1.54) is 34.9 Å². The van der Waals surface area contributed by atoms with E-state index in [4.69, 9.17) is 19.9 Å². The van der Waals surface area contributed by atoms with E-state index in [2.05, 4.69) is 4.98 Å². The van der Waals surface area contributed by atoms with Crippen molar-refractivity contribution in [3.63, 3.8) is 0 Å². The maximum absolute atomic E-state index is 13.3. The molecule has 2 amide bonds. The minimum absolute atomic E-state index is 0.0913. The van der Waals surface area contributed by atoms with E-state index in [1.807, 2.05) is 25.7 Å².